The van der Waals surface area contributed by atoms with Crippen LogP contribution in [0.25, 0.3) is 0 Å². The number of likely N-dealkylation sites (tertiary alicyclic amines) is 1. The number of rotatable bonds is 4. The summed E-state index contributed by atoms with van der Waals surface area (Å²) in [4.78, 5) is 41.0. The van der Waals surface area contributed by atoms with Gasteiger partial charge in [-0.2, -0.15) is 0 Å². The van der Waals surface area contributed by atoms with Crippen molar-refractivity contribution in [1.29, 1.82) is 0 Å². The Labute approximate surface area is 152 Å². The predicted octanol–water partition coefficient (Wildman–Crippen LogP) is -0.0457. The van der Waals surface area contributed by atoms with Crippen LogP contribution in [0, 0.1) is 5.92 Å². The van der Waals surface area contributed by atoms with Crippen molar-refractivity contribution in [3.05, 3.63) is 28.7 Å². The summed E-state index contributed by atoms with van der Waals surface area (Å²) in [5.41, 5.74) is -0.332. The Bertz CT molecular complexity index is 711. The standard InChI is InChI=1S/C18H25N3O5/c1-25-15-5-3-7-21(18(15)24)13-16(22)20-6-2-4-14(12-20)17(23)19-8-10-26-11-9-19/h3,5,7,14H,2,4,6,8-13H2,1H3. The molecule has 0 radical (unpaired) electrons. The lowest BCUT2D eigenvalue weighted by Crippen LogP contribution is -2.50. The van der Waals surface area contributed by atoms with E-state index in [1.54, 1.807) is 23.2 Å². The van der Waals surface area contributed by atoms with Crippen LogP contribution >= 0.6 is 0 Å². The molecule has 2 aliphatic heterocycles. The molecule has 2 aliphatic rings. The van der Waals surface area contributed by atoms with Crippen molar-refractivity contribution in [1.82, 2.24) is 14.4 Å². The molecule has 2 amide bonds. The first-order chi connectivity index (χ1) is 12.6. The molecule has 1 aromatic heterocycles. The highest BCUT2D eigenvalue weighted by atomic mass is 16.5. The molecule has 8 heteroatoms. The number of aromatic nitrogens is 1. The van der Waals surface area contributed by atoms with E-state index < -0.39 is 0 Å². The van der Waals surface area contributed by atoms with Gasteiger partial charge in [-0.25, -0.2) is 0 Å². The summed E-state index contributed by atoms with van der Waals surface area (Å²) >= 11 is 0. The van der Waals surface area contributed by atoms with Crippen molar-refractivity contribution < 1.29 is 19.1 Å². The van der Waals surface area contributed by atoms with Gasteiger partial charge in [0.25, 0.3) is 5.56 Å². The summed E-state index contributed by atoms with van der Waals surface area (Å²) in [6.07, 6.45) is 3.15. The van der Waals surface area contributed by atoms with Gasteiger partial charge >= 0.3 is 0 Å². The van der Waals surface area contributed by atoms with Crippen LogP contribution in [0.15, 0.2) is 23.1 Å². The Morgan fingerprint density at radius 3 is 2.73 bits per heavy atom. The van der Waals surface area contributed by atoms with Crippen LogP contribution in [0.1, 0.15) is 12.8 Å². The SMILES string of the molecule is COc1cccn(CC(=O)N2CCCC(C(=O)N3CCOCC3)C2)c1=O. The largest absolute Gasteiger partial charge is 0.491 e. The second kappa shape index (κ2) is 8.35. The van der Waals surface area contributed by atoms with Crippen LogP contribution in [0.2, 0.25) is 0 Å². The summed E-state index contributed by atoms with van der Waals surface area (Å²) in [6, 6.07) is 3.25. The molecule has 3 rings (SSSR count). The molecule has 1 unspecified atom stereocenters. The van der Waals surface area contributed by atoms with Crippen LogP contribution in [0.4, 0.5) is 0 Å². The molecule has 142 valence electrons. The zero-order valence-corrected chi connectivity index (χ0v) is 15.1. The van der Waals surface area contributed by atoms with Crippen LogP contribution in [0.5, 0.6) is 5.75 Å². The number of nitrogens with zero attached hydrogens (tertiary/aromatic N) is 3. The van der Waals surface area contributed by atoms with Crippen LogP contribution < -0.4 is 10.3 Å². The van der Waals surface area contributed by atoms with Crippen molar-refractivity contribution in [3.63, 3.8) is 0 Å². The van der Waals surface area contributed by atoms with Gasteiger partial charge in [0.1, 0.15) is 6.54 Å². The van der Waals surface area contributed by atoms with E-state index in [4.69, 9.17) is 9.47 Å². The number of hydrogen-bond acceptors (Lipinski definition) is 5. The fourth-order valence-corrected chi connectivity index (χ4v) is 3.49. The smallest absolute Gasteiger partial charge is 0.293 e. The zero-order chi connectivity index (χ0) is 18.5. The van der Waals surface area contributed by atoms with Crippen molar-refractivity contribution in [2.75, 3.05) is 46.5 Å². The average molecular weight is 363 g/mol. The number of piperidine rings is 1. The fourth-order valence-electron chi connectivity index (χ4n) is 3.49. The minimum Gasteiger partial charge on any atom is -0.491 e. The maximum absolute atomic E-state index is 12.7. The third-order valence-electron chi connectivity index (χ3n) is 4.96. The molecule has 0 aromatic carbocycles. The molecular weight excluding hydrogens is 338 g/mol. The van der Waals surface area contributed by atoms with Crippen molar-refractivity contribution in [2.45, 2.75) is 19.4 Å². The van der Waals surface area contributed by atoms with Gasteiger partial charge < -0.3 is 23.8 Å². The topological polar surface area (TPSA) is 81.1 Å². The normalized spacial score (nSPS) is 20.7. The second-order valence-corrected chi connectivity index (χ2v) is 6.63. The monoisotopic (exact) mass is 363 g/mol. The minimum atomic E-state index is -0.332. The molecule has 26 heavy (non-hydrogen) atoms. The molecule has 2 saturated heterocycles. The van der Waals surface area contributed by atoms with E-state index in [1.807, 2.05) is 4.90 Å². The molecule has 1 atom stereocenters. The Kier molecular flexibility index (Phi) is 5.92. The predicted molar refractivity (Wildman–Crippen MR) is 94.0 cm³/mol. The van der Waals surface area contributed by atoms with Gasteiger partial charge in [0, 0.05) is 32.4 Å². The number of ether oxygens (including phenoxy) is 2. The van der Waals surface area contributed by atoms with Gasteiger partial charge in [0.15, 0.2) is 5.75 Å². The number of pyridine rings is 1. The minimum absolute atomic E-state index is 0.0471. The molecule has 0 bridgehead atoms. The first-order valence-electron chi connectivity index (χ1n) is 8.98. The highest BCUT2D eigenvalue weighted by molar-refractivity contribution is 5.81. The quantitative estimate of drug-likeness (QED) is 0.750. The van der Waals surface area contributed by atoms with Crippen LogP contribution in [-0.4, -0.2) is 72.7 Å². The number of morpholine rings is 1. The number of carbonyl (C=O) groups is 2. The lowest BCUT2D eigenvalue weighted by atomic mass is 9.96. The Morgan fingerprint density at radius 1 is 1.23 bits per heavy atom. The molecule has 2 fully saturated rings. The summed E-state index contributed by atoms with van der Waals surface area (Å²) in [5, 5.41) is 0. The summed E-state index contributed by atoms with van der Waals surface area (Å²) in [6.45, 7) is 3.34. The van der Waals surface area contributed by atoms with E-state index in [1.165, 1.54) is 11.7 Å². The molecule has 0 spiro atoms. The van der Waals surface area contributed by atoms with Crippen molar-refractivity contribution in [2.24, 2.45) is 5.92 Å². The Hall–Kier alpha value is -2.35. The highest BCUT2D eigenvalue weighted by Crippen LogP contribution is 2.20. The van der Waals surface area contributed by atoms with E-state index in [2.05, 4.69) is 0 Å². The number of carbonyl (C=O) groups excluding carboxylic acids is 2. The van der Waals surface area contributed by atoms with Gasteiger partial charge in [-0.3, -0.25) is 14.4 Å². The number of methoxy groups -OCH3 is 1. The average Bonchev–Trinajstić information content (AvgIpc) is 2.69. The molecule has 1 aromatic rings. The van der Waals surface area contributed by atoms with Crippen LogP contribution in [0.3, 0.4) is 0 Å². The Balaban J connectivity index is 1.63. The maximum Gasteiger partial charge on any atom is 0.293 e. The van der Waals surface area contributed by atoms with E-state index in [-0.39, 0.29) is 35.6 Å². The molecule has 0 saturated carbocycles. The highest BCUT2D eigenvalue weighted by Gasteiger charge is 2.31. The van der Waals surface area contributed by atoms with E-state index in [0.717, 1.165) is 12.8 Å². The van der Waals surface area contributed by atoms with Crippen molar-refractivity contribution in [3.8, 4) is 5.75 Å². The third-order valence-corrected chi connectivity index (χ3v) is 4.96. The summed E-state index contributed by atoms with van der Waals surface area (Å²) in [5.74, 6) is -0.0173. The molecule has 0 N–H and O–H groups in total. The van der Waals surface area contributed by atoms with Gasteiger partial charge in [-0.1, -0.05) is 0 Å². The third kappa shape index (κ3) is 4.07. The molecule has 8 nitrogen and oxygen atoms in total. The maximum atomic E-state index is 12.7. The Morgan fingerprint density at radius 2 is 2.00 bits per heavy atom. The fraction of sp³-hybridized carbons (Fsp3) is 0.611. The first kappa shape index (κ1) is 18.4. The number of amides is 2. The molecule has 3 heterocycles. The van der Waals surface area contributed by atoms with Gasteiger partial charge in [0.05, 0.1) is 26.2 Å². The first-order valence-corrected chi connectivity index (χ1v) is 8.98. The lowest BCUT2D eigenvalue weighted by molar-refractivity contribution is -0.144. The van der Waals surface area contributed by atoms with Gasteiger partial charge in [-0.15, -0.1) is 0 Å². The molecular formula is C18H25N3O5. The van der Waals surface area contributed by atoms with Gasteiger partial charge in [0.2, 0.25) is 11.8 Å². The number of hydrogen-bond donors (Lipinski definition) is 0. The summed E-state index contributed by atoms with van der Waals surface area (Å²) in [7, 11) is 1.43. The summed E-state index contributed by atoms with van der Waals surface area (Å²) < 4.78 is 11.6. The van der Waals surface area contributed by atoms with Crippen molar-refractivity contribution >= 4 is 11.8 Å². The molecule has 0 aliphatic carbocycles. The lowest BCUT2D eigenvalue weighted by Gasteiger charge is -2.36. The van der Waals surface area contributed by atoms with E-state index in [0.29, 0.717) is 39.4 Å². The van der Waals surface area contributed by atoms with E-state index in [9.17, 15) is 14.4 Å². The van der Waals surface area contributed by atoms with Gasteiger partial charge in [-0.05, 0) is 25.0 Å². The van der Waals surface area contributed by atoms with Crippen LogP contribution in [-0.2, 0) is 20.9 Å². The second-order valence-electron chi connectivity index (χ2n) is 6.63. The van der Waals surface area contributed by atoms with E-state index >= 15 is 0 Å². The zero-order valence-electron chi connectivity index (χ0n) is 15.1.